The van der Waals surface area contributed by atoms with E-state index in [1.54, 1.807) is 26.0 Å². The maximum absolute atomic E-state index is 12.3. The average molecular weight is 403 g/mol. The van der Waals surface area contributed by atoms with Crippen LogP contribution in [0.2, 0.25) is 0 Å². The summed E-state index contributed by atoms with van der Waals surface area (Å²) < 4.78 is 7.03. The summed E-state index contributed by atoms with van der Waals surface area (Å²) in [5.74, 6) is -0.455. The summed E-state index contributed by atoms with van der Waals surface area (Å²) in [4.78, 5) is 28.9. The Balaban J connectivity index is 2.19. The van der Waals surface area contributed by atoms with Crippen LogP contribution < -0.4 is 5.32 Å². The van der Waals surface area contributed by atoms with Crippen LogP contribution >= 0.6 is 11.8 Å². The van der Waals surface area contributed by atoms with Crippen molar-refractivity contribution < 1.29 is 14.3 Å². The molecule has 0 saturated heterocycles. The molecule has 7 nitrogen and oxygen atoms in total. The second kappa shape index (κ2) is 9.11. The summed E-state index contributed by atoms with van der Waals surface area (Å²) in [6, 6.07) is 7.44. The summed E-state index contributed by atoms with van der Waals surface area (Å²) in [6.45, 7) is 10.3. The topological polar surface area (TPSA) is 97.0 Å². The van der Waals surface area contributed by atoms with Crippen LogP contribution in [-0.2, 0) is 16.1 Å². The molecule has 0 unspecified atom stereocenters. The molecule has 1 heterocycles. The van der Waals surface area contributed by atoms with E-state index in [2.05, 4.69) is 16.4 Å². The second-order valence-electron chi connectivity index (χ2n) is 6.87. The number of rotatable bonds is 8. The van der Waals surface area contributed by atoms with E-state index in [-0.39, 0.29) is 23.5 Å². The van der Waals surface area contributed by atoms with Crippen molar-refractivity contribution in [3.63, 3.8) is 0 Å². The summed E-state index contributed by atoms with van der Waals surface area (Å²) in [7, 11) is 0. The molecule has 0 fully saturated rings. The monoisotopic (exact) mass is 402 g/mol. The Labute approximate surface area is 169 Å². The minimum atomic E-state index is -0.906. The number of amides is 1. The summed E-state index contributed by atoms with van der Waals surface area (Å²) in [5.41, 5.74) is 1.12. The molecule has 28 heavy (non-hydrogen) atoms. The van der Waals surface area contributed by atoms with Crippen LogP contribution in [-0.4, -0.2) is 39.3 Å². The van der Waals surface area contributed by atoms with Gasteiger partial charge in [-0.05, 0) is 44.9 Å². The van der Waals surface area contributed by atoms with Crippen molar-refractivity contribution in [3.8, 4) is 6.07 Å². The summed E-state index contributed by atoms with van der Waals surface area (Å²) in [5, 5.41) is 12.8. The molecule has 0 bridgehead atoms. The number of aryl methyl sites for hydroxylation is 1. The first kappa shape index (κ1) is 21.8. The van der Waals surface area contributed by atoms with Crippen molar-refractivity contribution in [1.82, 2.24) is 14.9 Å². The lowest BCUT2D eigenvalue weighted by Gasteiger charge is -2.27. The predicted molar refractivity (Wildman–Crippen MR) is 109 cm³/mol. The molecule has 0 aliphatic carbocycles. The molecule has 1 atom stereocenters. The van der Waals surface area contributed by atoms with E-state index in [9.17, 15) is 14.9 Å². The number of fused-ring (bicyclic) bond motifs is 1. The minimum absolute atomic E-state index is 0.00652. The normalized spacial score (nSPS) is 13.2. The molecule has 2 rings (SSSR count). The van der Waals surface area contributed by atoms with Crippen LogP contribution in [0.4, 0.5) is 0 Å². The standard InChI is InChI=1S/C20H26N4O3S/c1-6-24-16-9-8-14(18(26)27-7-2)10-15(16)22-19(24)28-11-17(25)23-20(5,12-21)13(3)4/h8-10,13H,6-7,11H2,1-5H3,(H,23,25)/t20-/m1/s1. The lowest BCUT2D eigenvalue weighted by atomic mass is 9.90. The third kappa shape index (κ3) is 4.65. The van der Waals surface area contributed by atoms with Crippen LogP contribution in [0.3, 0.4) is 0 Å². The van der Waals surface area contributed by atoms with Crippen molar-refractivity contribution in [3.05, 3.63) is 23.8 Å². The van der Waals surface area contributed by atoms with Gasteiger partial charge in [0.25, 0.3) is 0 Å². The minimum Gasteiger partial charge on any atom is -0.462 e. The summed E-state index contributed by atoms with van der Waals surface area (Å²) >= 11 is 1.31. The molecule has 0 spiro atoms. The first-order valence-electron chi connectivity index (χ1n) is 9.28. The highest BCUT2D eigenvalue weighted by Crippen LogP contribution is 2.25. The predicted octanol–water partition coefficient (Wildman–Crippen LogP) is 3.38. The maximum atomic E-state index is 12.3. The molecule has 0 aliphatic heterocycles. The van der Waals surface area contributed by atoms with Gasteiger partial charge in [0.05, 0.1) is 35.0 Å². The number of nitrogens with zero attached hydrogens (tertiary/aromatic N) is 3. The van der Waals surface area contributed by atoms with Crippen LogP contribution in [0.1, 0.15) is 45.0 Å². The fraction of sp³-hybridized carbons (Fsp3) is 0.500. The highest BCUT2D eigenvalue weighted by atomic mass is 32.2. The number of hydrogen-bond donors (Lipinski definition) is 1. The van der Waals surface area contributed by atoms with E-state index in [0.717, 1.165) is 5.52 Å². The molecular formula is C20H26N4O3S. The molecule has 1 N–H and O–H groups in total. The molecule has 1 aromatic carbocycles. The average Bonchev–Trinajstić information content (AvgIpc) is 3.02. The van der Waals surface area contributed by atoms with Gasteiger partial charge in [-0.25, -0.2) is 9.78 Å². The van der Waals surface area contributed by atoms with Gasteiger partial charge in [-0.15, -0.1) is 0 Å². The number of benzene rings is 1. The van der Waals surface area contributed by atoms with Crippen LogP contribution in [0.5, 0.6) is 0 Å². The van der Waals surface area contributed by atoms with Gasteiger partial charge in [0.2, 0.25) is 5.91 Å². The number of nitrogens with one attached hydrogen (secondary N) is 1. The van der Waals surface area contributed by atoms with E-state index < -0.39 is 5.54 Å². The third-order valence-electron chi connectivity index (χ3n) is 4.66. The fourth-order valence-corrected chi connectivity index (χ4v) is 3.50. The van der Waals surface area contributed by atoms with Gasteiger partial charge >= 0.3 is 5.97 Å². The number of hydrogen-bond acceptors (Lipinski definition) is 6. The van der Waals surface area contributed by atoms with E-state index in [1.165, 1.54) is 11.8 Å². The Bertz CT molecular complexity index is 916. The van der Waals surface area contributed by atoms with Gasteiger partial charge in [-0.3, -0.25) is 4.79 Å². The van der Waals surface area contributed by atoms with Gasteiger partial charge < -0.3 is 14.6 Å². The first-order valence-corrected chi connectivity index (χ1v) is 10.3. The summed E-state index contributed by atoms with van der Waals surface area (Å²) in [6.07, 6.45) is 0. The molecule has 1 aromatic heterocycles. The largest absolute Gasteiger partial charge is 0.462 e. The van der Waals surface area contributed by atoms with Crippen LogP contribution in [0.25, 0.3) is 11.0 Å². The Morgan fingerprint density at radius 2 is 2.11 bits per heavy atom. The lowest BCUT2D eigenvalue weighted by molar-refractivity contribution is -0.120. The molecule has 0 saturated carbocycles. The zero-order valence-electron chi connectivity index (χ0n) is 16.9. The zero-order valence-corrected chi connectivity index (χ0v) is 17.7. The highest BCUT2D eigenvalue weighted by molar-refractivity contribution is 7.99. The second-order valence-corrected chi connectivity index (χ2v) is 7.81. The Hall–Kier alpha value is -2.53. The van der Waals surface area contributed by atoms with Gasteiger partial charge in [0.1, 0.15) is 5.54 Å². The molecular weight excluding hydrogens is 376 g/mol. The van der Waals surface area contributed by atoms with Crippen molar-refractivity contribution >= 4 is 34.7 Å². The van der Waals surface area contributed by atoms with Gasteiger partial charge in [-0.2, -0.15) is 5.26 Å². The quantitative estimate of drug-likeness (QED) is 0.537. The Morgan fingerprint density at radius 3 is 2.68 bits per heavy atom. The van der Waals surface area contributed by atoms with Crippen LogP contribution in [0.15, 0.2) is 23.4 Å². The van der Waals surface area contributed by atoms with Gasteiger partial charge in [0, 0.05) is 6.54 Å². The van der Waals surface area contributed by atoms with E-state index in [1.807, 2.05) is 31.4 Å². The van der Waals surface area contributed by atoms with E-state index in [0.29, 0.717) is 29.4 Å². The number of imidazole rings is 1. The first-order chi connectivity index (χ1) is 13.3. The van der Waals surface area contributed by atoms with E-state index in [4.69, 9.17) is 4.74 Å². The number of esters is 1. The molecule has 2 aromatic rings. The molecule has 0 radical (unpaired) electrons. The molecule has 1 amide bonds. The highest BCUT2D eigenvalue weighted by Gasteiger charge is 2.30. The Morgan fingerprint density at radius 1 is 1.39 bits per heavy atom. The van der Waals surface area contributed by atoms with Crippen molar-refractivity contribution in [1.29, 1.82) is 5.26 Å². The van der Waals surface area contributed by atoms with Crippen molar-refractivity contribution in [2.24, 2.45) is 5.92 Å². The van der Waals surface area contributed by atoms with E-state index >= 15 is 0 Å². The Kier molecular flexibility index (Phi) is 7.08. The number of ether oxygens (including phenoxy) is 1. The number of aromatic nitrogens is 2. The van der Waals surface area contributed by atoms with Gasteiger partial charge in [-0.1, -0.05) is 25.6 Å². The molecule has 8 heteroatoms. The number of carbonyl (C=O) groups excluding carboxylic acids is 2. The number of nitriles is 1. The third-order valence-corrected chi connectivity index (χ3v) is 5.64. The molecule has 0 aliphatic rings. The number of thioether (sulfide) groups is 1. The maximum Gasteiger partial charge on any atom is 0.338 e. The SMILES string of the molecule is CCOC(=O)c1ccc2c(c1)nc(SCC(=O)N[C@](C)(C#N)C(C)C)n2CC. The van der Waals surface area contributed by atoms with Gasteiger partial charge in [0.15, 0.2) is 5.16 Å². The lowest BCUT2D eigenvalue weighted by Crippen LogP contribution is -2.49. The molecule has 150 valence electrons. The van der Waals surface area contributed by atoms with Crippen molar-refractivity contribution in [2.45, 2.75) is 51.9 Å². The van der Waals surface area contributed by atoms with Crippen LogP contribution in [0, 0.1) is 17.2 Å². The fourth-order valence-electron chi connectivity index (χ4n) is 2.62. The van der Waals surface area contributed by atoms with Crippen molar-refractivity contribution in [2.75, 3.05) is 12.4 Å². The number of carbonyl (C=O) groups is 2. The smallest absolute Gasteiger partial charge is 0.338 e. The zero-order chi connectivity index (χ0) is 20.9.